The summed E-state index contributed by atoms with van der Waals surface area (Å²) in [6.07, 6.45) is 6.05. The summed E-state index contributed by atoms with van der Waals surface area (Å²) in [6.45, 7) is 4.97. The maximum atomic E-state index is 12.4. The zero-order chi connectivity index (χ0) is 21.5. The molecule has 0 saturated heterocycles. The van der Waals surface area contributed by atoms with Gasteiger partial charge in [0, 0.05) is 38.6 Å². The van der Waals surface area contributed by atoms with E-state index in [0.29, 0.717) is 30.4 Å². The monoisotopic (exact) mass is 410 g/mol. The molecule has 3 rings (SSSR count). The maximum Gasteiger partial charge on any atom is 0.319 e. The van der Waals surface area contributed by atoms with Crippen LogP contribution in [0.5, 0.6) is 0 Å². The Morgan fingerprint density at radius 1 is 1.13 bits per heavy atom. The number of carbonyl (C=O) groups excluding carboxylic acids is 1. The van der Waals surface area contributed by atoms with E-state index in [0.717, 1.165) is 42.8 Å². The molecular formula is C23H34N6O. The third kappa shape index (κ3) is 6.08. The fraction of sp³-hybridized carbons (Fsp3) is 0.522. The highest BCUT2D eigenvalue weighted by molar-refractivity contribution is 5.90. The van der Waals surface area contributed by atoms with Gasteiger partial charge in [-0.3, -0.25) is 0 Å². The highest BCUT2D eigenvalue weighted by atomic mass is 16.2. The summed E-state index contributed by atoms with van der Waals surface area (Å²) in [5, 5.41) is 9.52. The van der Waals surface area contributed by atoms with Crippen LogP contribution in [-0.2, 0) is 0 Å². The summed E-state index contributed by atoms with van der Waals surface area (Å²) in [7, 11) is 3.95. The van der Waals surface area contributed by atoms with E-state index in [4.69, 9.17) is 0 Å². The number of aromatic nitrogens is 2. The number of para-hydroxylation sites is 1. The summed E-state index contributed by atoms with van der Waals surface area (Å²) < 4.78 is 0. The third-order valence-electron chi connectivity index (χ3n) is 5.66. The van der Waals surface area contributed by atoms with E-state index in [9.17, 15) is 4.79 Å². The van der Waals surface area contributed by atoms with Crippen LogP contribution < -0.4 is 20.9 Å². The zero-order valence-corrected chi connectivity index (χ0v) is 18.5. The molecule has 3 N–H and O–H groups in total. The van der Waals surface area contributed by atoms with E-state index >= 15 is 0 Å². The predicted octanol–water partition coefficient (Wildman–Crippen LogP) is 4.46. The number of anilines is 3. The predicted molar refractivity (Wildman–Crippen MR) is 123 cm³/mol. The molecule has 0 spiro atoms. The number of nitrogens with one attached hydrogen (secondary N) is 3. The molecule has 0 atom stereocenters. The highest BCUT2D eigenvalue weighted by Gasteiger charge is 2.22. The minimum atomic E-state index is -0.128. The van der Waals surface area contributed by atoms with Gasteiger partial charge >= 0.3 is 6.03 Å². The van der Waals surface area contributed by atoms with Crippen LogP contribution in [0.3, 0.4) is 0 Å². The number of urea groups is 1. The third-order valence-corrected chi connectivity index (χ3v) is 5.66. The minimum absolute atomic E-state index is 0.128. The first-order valence-electron chi connectivity index (χ1n) is 10.8. The molecule has 162 valence electrons. The minimum Gasteiger partial charge on any atom is -0.363 e. The van der Waals surface area contributed by atoms with Crippen molar-refractivity contribution in [3.8, 4) is 0 Å². The number of amides is 2. The summed E-state index contributed by atoms with van der Waals surface area (Å²) >= 11 is 0. The molecule has 2 amide bonds. The quantitative estimate of drug-likeness (QED) is 0.628. The number of hydrogen-bond acceptors (Lipinski definition) is 5. The van der Waals surface area contributed by atoms with Gasteiger partial charge in [0.25, 0.3) is 0 Å². The molecule has 1 heterocycles. The van der Waals surface area contributed by atoms with Crippen LogP contribution in [-0.4, -0.2) is 42.7 Å². The lowest BCUT2D eigenvalue weighted by Crippen LogP contribution is -2.36. The fourth-order valence-electron chi connectivity index (χ4n) is 3.88. The molecule has 0 bridgehead atoms. The van der Waals surface area contributed by atoms with Gasteiger partial charge in [0.15, 0.2) is 0 Å². The second kappa shape index (κ2) is 10.3. The van der Waals surface area contributed by atoms with Gasteiger partial charge in [0.05, 0.1) is 0 Å². The van der Waals surface area contributed by atoms with Gasteiger partial charge in [-0.25, -0.2) is 9.78 Å². The van der Waals surface area contributed by atoms with Crippen LogP contribution in [0.25, 0.3) is 0 Å². The lowest BCUT2D eigenvalue weighted by Gasteiger charge is -2.29. The number of nitrogens with zero attached hydrogens (tertiary/aromatic N) is 3. The average molecular weight is 411 g/mol. The molecule has 1 aliphatic carbocycles. The van der Waals surface area contributed by atoms with E-state index in [2.05, 4.69) is 45.8 Å². The standard InChI is InChI=1S/C23H34N6O/c1-16(2)19-7-5-6-8-20(19)27-23(30)25-15-17-9-11-18(12-10-17)26-22-24-14-13-21(28-22)29(3)4/h5-8,13-14,16-18H,9-12,15H2,1-4H3,(H,24,26,28)(H2,25,27,30). The van der Waals surface area contributed by atoms with E-state index in [1.165, 1.54) is 0 Å². The Bertz CT molecular complexity index is 830. The number of carbonyl (C=O) groups is 1. The molecule has 1 fully saturated rings. The Kier molecular flexibility index (Phi) is 7.49. The second-order valence-corrected chi connectivity index (χ2v) is 8.57. The van der Waals surface area contributed by atoms with Gasteiger partial charge in [0.2, 0.25) is 5.95 Å². The first-order chi connectivity index (χ1) is 14.4. The SMILES string of the molecule is CC(C)c1ccccc1NC(=O)NCC1CCC(Nc2nccc(N(C)C)n2)CC1. The Balaban J connectivity index is 1.42. The van der Waals surface area contributed by atoms with Crippen molar-refractivity contribution in [3.63, 3.8) is 0 Å². The molecule has 1 aliphatic rings. The van der Waals surface area contributed by atoms with Crippen LogP contribution >= 0.6 is 0 Å². The number of rotatable bonds is 7. The number of hydrogen-bond donors (Lipinski definition) is 3. The van der Waals surface area contributed by atoms with Gasteiger partial charge in [-0.15, -0.1) is 0 Å². The first kappa shape index (κ1) is 21.9. The summed E-state index contributed by atoms with van der Waals surface area (Å²) in [6, 6.07) is 10.1. The van der Waals surface area contributed by atoms with Gasteiger partial charge in [0.1, 0.15) is 5.82 Å². The second-order valence-electron chi connectivity index (χ2n) is 8.57. The maximum absolute atomic E-state index is 12.4. The van der Waals surface area contributed by atoms with Crippen molar-refractivity contribution in [3.05, 3.63) is 42.1 Å². The molecule has 0 unspecified atom stereocenters. The average Bonchev–Trinajstić information content (AvgIpc) is 2.73. The fourth-order valence-corrected chi connectivity index (χ4v) is 3.88. The Hall–Kier alpha value is -2.83. The molecule has 0 aliphatic heterocycles. The van der Waals surface area contributed by atoms with Crippen molar-refractivity contribution < 1.29 is 4.79 Å². The van der Waals surface area contributed by atoms with E-state index < -0.39 is 0 Å². The molecule has 1 saturated carbocycles. The summed E-state index contributed by atoms with van der Waals surface area (Å²) in [5.74, 6) is 2.45. The lowest BCUT2D eigenvalue weighted by molar-refractivity contribution is 0.246. The molecule has 0 radical (unpaired) electrons. The Morgan fingerprint density at radius 2 is 1.87 bits per heavy atom. The van der Waals surface area contributed by atoms with E-state index in [1.807, 2.05) is 43.3 Å². The number of benzene rings is 1. The lowest BCUT2D eigenvalue weighted by atomic mass is 9.86. The highest BCUT2D eigenvalue weighted by Crippen LogP contribution is 2.26. The van der Waals surface area contributed by atoms with Crippen molar-refractivity contribution in [2.45, 2.75) is 51.5 Å². The van der Waals surface area contributed by atoms with Crippen molar-refractivity contribution in [2.75, 3.05) is 36.2 Å². The normalized spacial score (nSPS) is 18.7. The van der Waals surface area contributed by atoms with Crippen molar-refractivity contribution in [1.29, 1.82) is 0 Å². The summed E-state index contributed by atoms with van der Waals surface area (Å²) in [4.78, 5) is 23.2. The van der Waals surface area contributed by atoms with Crippen LogP contribution in [0, 0.1) is 5.92 Å². The Labute approximate surface area is 179 Å². The first-order valence-corrected chi connectivity index (χ1v) is 10.8. The van der Waals surface area contributed by atoms with E-state index in [1.54, 1.807) is 6.20 Å². The topological polar surface area (TPSA) is 82.2 Å². The Morgan fingerprint density at radius 3 is 2.57 bits per heavy atom. The van der Waals surface area contributed by atoms with Gasteiger partial charge in [-0.05, 0) is 55.2 Å². The van der Waals surface area contributed by atoms with Crippen molar-refractivity contribution >= 4 is 23.5 Å². The van der Waals surface area contributed by atoms with Gasteiger partial charge < -0.3 is 20.9 Å². The molecular weight excluding hydrogens is 376 g/mol. The molecule has 2 aromatic rings. The van der Waals surface area contributed by atoms with Crippen LogP contribution in [0.15, 0.2) is 36.5 Å². The van der Waals surface area contributed by atoms with Crippen molar-refractivity contribution in [1.82, 2.24) is 15.3 Å². The zero-order valence-electron chi connectivity index (χ0n) is 18.5. The van der Waals surface area contributed by atoms with Crippen molar-refractivity contribution in [2.24, 2.45) is 5.92 Å². The van der Waals surface area contributed by atoms with Gasteiger partial charge in [-0.1, -0.05) is 32.0 Å². The molecule has 30 heavy (non-hydrogen) atoms. The smallest absolute Gasteiger partial charge is 0.319 e. The van der Waals surface area contributed by atoms with Crippen LogP contribution in [0.4, 0.5) is 22.2 Å². The summed E-state index contributed by atoms with van der Waals surface area (Å²) in [5.41, 5.74) is 2.04. The van der Waals surface area contributed by atoms with E-state index in [-0.39, 0.29) is 6.03 Å². The van der Waals surface area contributed by atoms with Crippen LogP contribution in [0.2, 0.25) is 0 Å². The largest absolute Gasteiger partial charge is 0.363 e. The molecule has 7 nitrogen and oxygen atoms in total. The van der Waals surface area contributed by atoms with Crippen LogP contribution in [0.1, 0.15) is 51.0 Å². The van der Waals surface area contributed by atoms with Gasteiger partial charge in [-0.2, -0.15) is 4.98 Å². The molecule has 7 heteroatoms. The molecule has 1 aromatic carbocycles. The molecule has 1 aromatic heterocycles.